The minimum absolute atomic E-state index is 0.0340. The van der Waals surface area contributed by atoms with Gasteiger partial charge in [0.25, 0.3) is 0 Å². The Morgan fingerprint density at radius 3 is 2.74 bits per heavy atom. The van der Waals surface area contributed by atoms with E-state index in [0.29, 0.717) is 24.2 Å². The molecule has 8 heteroatoms. The van der Waals surface area contributed by atoms with Gasteiger partial charge in [-0.15, -0.1) is 0 Å². The molecule has 1 aromatic heterocycles. The van der Waals surface area contributed by atoms with Gasteiger partial charge in [0.2, 0.25) is 0 Å². The van der Waals surface area contributed by atoms with Crippen molar-refractivity contribution in [3.05, 3.63) is 29.4 Å². The number of amides is 1. The predicted molar refractivity (Wildman–Crippen MR) is 99.4 cm³/mol. The van der Waals surface area contributed by atoms with E-state index in [-0.39, 0.29) is 17.8 Å². The summed E-state index contributed by atoms with van der Waals surface area (Å²) >= 11 is 0. The van der Waals surface area contributed by atoms with E-state index in [4.69, 9.17) is 14.9 Å². The second-order valence-electron chi connectivity index (χ2n) is 7.78. The van der Waals surface area contributed by atoms with Crippen LogP contribution in [-0.4, -0.2) is 51.8 Å². The molecular formula is C19H26N4O4. The molecule has 2 aromatic rings. The van der Waals surface area contributed by atoms with Gasteiger partial charge in [0, 0.05) is 13.1 Å². The van der Waals surface area contributed by atoms with Crippen molar-refractivity contribution >= 4 is 23.1 Å². The lowest BCUT2D eigenvalue weighted by Gasteiger charge is -2.28. The van der Waals surface area contributed by atoms with Gasteiger partial charge in [0.05, 0.1) is 29.7 Å². The fourth-order valence-corrected chi connectivity index (χ4v) is 3.42. The molecule has 0 unspecified atom stereocenters. The second-order valence-corrected chi connectivity index (χ2v) is 7.78. The van der Waals surface area contributed by atoms with Crippen LogP contribution < -0.4 is 5.62 Å². The van der Waals surface area contributed by atoms with Crippen molar-refractivity contribution in [1.82, 2.24) is 14.5 Å². The van der Waals surface area contributed by atoms with Crippen LogP contribution in [0.25, 0.3) is 11.0 Å². The van der Waals surface area contributed by atoms with E-state index in [1.807, 2.05) is 25.3 Å². The molecule has 0 saturated carbocycles. The summed E-state index contributed by atoms with van der Waals surface area (Å²) in [5, 5.41) is 8.26. The molecule has 2 N–H and O–H groups in total. The summed E-state index contributed by atoms with van der Waals surface area (Å²) in [5.41, 5.74) is 1.61. The average Bonchev–Trinajstić information content (AvgIpc) is 3.17. The van der Waals surface area contributed by atoms with E-state index in [0.717, 1.165) is 18.4 Å². The first-order valence-corrected chi connectivity index (χ1v) is 9.04. The lowest BCUT2D eigenvalue weighted by atomic mass is 10.2. The number of benzene rings is 1. The van der Waals surface area contributed by atoms with Gasteiger partial charge in [-0.3, -0.25) is 5.41 Å². The maximum Gasteiger partial charge on any atom is 0.410 e. The summed E-state index contributed by atoms with van der Waals surface area (Å²) in [6.45, 7) is 6.71. The smallest absolute Gasteiger partial charge is 0.410 e. The standard InChI is InChI=1S/C19H26N4O4/c1-19(2,3)27-18(25)22-9-5-6-13(22)11-23-15-8-7-12(16(24)26-4)10-14(15)21-17(23)20/h7-8,10,13H,5-6,9,11H2,1-4H3,(H2,20,21)/t13-/m1/s1. The Morgan fingerprint density at radius 2 is 2.07 bits per heavy atom. The van der Waals surface area contributed by atoms with Crippen LogP contribution in [0.15, 0.2) is 18.2 Å². The third-order valence-electron chi connectivity index (χ3n) is 4.63. The van der Waals surface area contributed by atoms with Crippen LogP contribution >= 0.6 is 0 Å². The number of fused-ring (bicyclic) bond motifs is 1. The Bertz CT molecular complexity index is 922. The Balaban J connectivity index is 1.85. The first-order valence-electron chi connectivity index (χ1n) is 9.04. The molecule has 1 aliphatic heterocycles. The summed E-state index contributed by atoms with van der Waals surface area (Å²) in [5.74, 6) is -0.420. The predicted octanol–water partition coefficient (Wildman–Crippen LogP) is 2.63. The van der Waals surface area contributed by atoms with E-state index in [9.17, 15) is 9.59 Å². The number of imidazole rings is 1. The number of aromatic amines is 1. The molecule has 3 rings (SSSR count). The number of likely N-dealkylation sites (tertiary alicyclic amines) is 1. The molecule has 1 fully saturated rings. The number of hydrogen-bond donors (Lipinski definition) is 2. The van der Waals surface area contributed by atoms with Gasteiger partial charge in [-0.25, -0.2) is 9.59 Å². The Hall–Kier alpha value is -2.77. The van der Waals surface area contributed by atoms with Crippen molar-refractivity contribution < 1.29 is 19.1 Å². The van der Waals surface area contributed by atoms with Crippen LogP contribution in [-0.2, 0) is 16.0 Å². The largest absolute Gasteiger partial charge is 0.465 e. The molecule has 27 heavy (non-hydrogen) atoms. The SMILES string of the molecule is COC(=O)c1ccc2c(c1)[nH]c(=N)n2C[C@H]1CCCN1C(=O)OC(C)(C)C. The first kappa shape index (κ1) is 19.0. The average molecular weight is 374 g/mol. The molecule has 146 valence electrons. The van der Waals surface area contributed by atoms with E-state index in [1.165, 1.54) is 7.11 Å². The lowest BCUT2D eigenvalue weighted by molar-refractivity contribution is 0.0213. The zero-order valence-electron chi connectivity index (χ0n) is 16.2. The van der Waals surface area contributed by atoms with E-state index in [1.54, 1.807) is 23.1 Å². The molecule has 0 spiro atoms. The number of carbonyl (C=O) groups excluding carboxylic acids is 2. The van der Waals surface area contributed by atoms with Crippen LogP contribution in [0, 0.1) is 5.41 Å². The van der Waals surface area contributed by atoms with Gasteiger partial charge < -0.3 is 23.9 Å². The summed E-state index contributed by atoms with van der Waals surface area (Å²) in [4.78, 5) is 28.9. The molecule has 1 atom stereocenters. The summed E-state index contributed by atoms with van der Waals surface area (Å²) in [6.07, 6.45) is 1.45. The topological polar surface area (TPSA) is 100 Å². The number of carbonyl (C=O) groups is 2. The van der Waals surface area contributed by atoms with Crippen LogP contribution in [0.3, 0.4) is 0 Å². The highest BCUT2D eigenvalue weighted by molar-refractivity contribution is 5.93. The molecule has 8 nitrogen and oxygen atoms in total. The van der Waals surface area contributed by atoms with Crippen molar-refractivity contribution in [2.45, 2.75) is 51.8 Å². The number of esters is 1. The first-order chi connectivity index (χ1) is 12.7. The lowest BCUT2D eigenvalue weighted by Crippen LogP contribution is -2.42. The Labute approximate surface area is 157 Å². The molecule has 1 aromatic carbocycles. The maximum absolute atomic E-state index is 12.5. The van der Waals surface area contributed by atoms with Crippen molar-refractivity contribution in [3.63, 3.8) is 0 Å². The highest BCUT2D eigenvalue weighted by atomic mass is 16.6. The van der Waals surface area contributed by atoms with Crippen LogP contribution in [0.4, 0.5) is 4.79 Å². The number of methoxy groups -OCH3 is 1. The maximum atomic E-state index is 12.5. The van der Waals surface area contributed by atoms with Crippen molar-refractivity contribution in [1.29, 1.82) is 5.41 Å². The van der Waals surface area contributed by atoms with Crippen LogP contribution in [0.2, 0.25) is 0 Å². The second kappa shape index (κ2) is 7.09. The third-order valence-corrected chi connectivity index (χ3v) is 4.63. The van der Waals surface area contributed by atoms with Gasteiger partial charge in [-0.2, -0.15) is 0 Å². The minimum Gasteiger partial charge on any atom is -0.465 e. The highest BCUT2D eigenvalue weighted by Gasteiger charge is 2.32. The zero-order valence-corrected chi connectivity index (χ0v) is 16.2. The highest BCUT2D eigenvalue weighted by Crippen LogP contribution is 2.23. The number of H-pyrrole nitrogens is 1. The number of aromatic nitrogens is 2. The number of hydrogen-bond acceptors (Lipinski definition) is 5. The van der Waals surface area contributed by atoms with Gasteiger partial charge in [0.15, 0.2) is 5.62 Å². The van der Waals surface area contributed by atoms with Crippen LogP contribution in [0.1, 0.15) is 44.0 Å². The van der Waals surface area contributed by atoms with Crippen molar-refractivity contribution in [2.75, 3.05) is 13.7 Å². The quantitative estimate of drug-likeness (QED) is 0.807. The fourth-order valence-electron chi connectivity index (χ4n) is 3.42. The molecule has 0 radical (unpaired) electrons. The molecule has 0 aliphatic carbocycles. The molecule has 1 saturated heterocycles. The number of nitrogens with zero attached hydrogens (tertiary/aromatic N) is 2. The van der Waals surface area contributed by atoms with Gasteiger partial charge in [-0.1, -0.05) is 0 Å². The van der Waals surface area contributed by atoms with E-state index < -0.39 is 11.6 Å². The van der Waals surface area contributed by atoms with Gasteiger partial charge in [-0.05, 0) is 51.8 Å². The van der Waals surface area contributed by atoms with Crippen LogP contribution in [0.5, 0.6) is 0 Å². The minimum atomic E-state index is -0.539. The molecular weight excluding hydrogens is 348 g/mol. The number of nitrogens with one attached hydrogen (secondary N) is 2. The van der Waals surface area contributed by atoms with E-state index in [2.05, 4.69) is 4.98 Å². The van der Waals surface area contributed by atoms with E-state index >= 15 is 0 Å². The number of ether oxygens (including phenoxy) is 2. The van der Waals surface area contributed by atoms with Crippen molar-refractivity contribution in [3.8, 4) is 0 Å². The summed E-state index contributed by atoms with van der Waals surface area (Å²) < 4.78 is 12.1. The summed E-state index contributed by atoms with van der Waals surface area (Å²) in [6, 6.07) is 5.12. The zero-order chi connectivity index (χ0) is 19.8. The summed E-state index contributed by atoms with van der Waals surface area (Å²) in [7, 11) is 1.34. The van der Waals surface area contributed by atoms with Gasteiger partial charge >= 0.3 is 12.1 Å². The molecule has 0 bridgehead atoms. The third kappa shape index (κ3) is 3.99. The fraction of sp³-hybridized carbons (Fsp3) is 0.526. The molecule has 2 heterocycles. The molecule has 1 aliphatic rings. The number of rotatable bonds is 3. The normalized spacial score (nSPS) is 17.3. The monoisotopic (exact) mass is 374 g/mol. The van der Waals surface area contributed by atoms with Gasteiger partial charge in [0.1, 0.15) is 5.60 Å². The Kier molecular flexibility index (Phi) is 4.99. The molecule has 1 amide bonds. The van der Waals surface area contributed by atoms with Crippen molar-refractivity contribution in [2.24, 2.45) is 0 Å². The Morgan fingerprint density at radius 1 is 1.33 bits per heavy atom.